The number of benzene rings is 2. The minimum Gasteiger partial charge on any atom is -0.354 e. The fourth-order valence-electron chi connectivity index (χ4n) is 4.54. The van der Waals surface area contributed by atoms with Gasteiger partial charge >= 0.3 is 6.03 Å². The van der Waals surface area contributed by atoms with E-state index >= 15 is 0 Å². The number of anilines is 2. The van der Waals surface area contributed by atoms with Gasteiger partial charge in [0.25, 0.3) is 0 Å². The molecule has 1 fully saturated rings. The lowest BCUT2D eigenvalue weighted by Gasteiger charge is -2.36. The van der Waals surface area contributed by atoms with Gasteiger partial charge in [-0.1, -0.05) is 19.1 Å². The highest BCUT2D eigenvalue weighted by molar-refractivity contribution is 5.89. The number of nitrogens with one attached hydrogen (secondary N) is 1. The first-order valence-corrected chi connectivity index (χ1v) is 12.4. The van der Waals surface area contributed by atoms with Crippen molar-refractivity contribution in [2.75, 3.05) is 42.9 Å². The Labute approximate surface area is 211 Å². The fourth-order valence-corrected chi connectivity index (χ4v) is 4.54. The molecule has 1 aromatic heterocycles. The normalized spacial score (nSPS) is 14.4. The summed E-state index contributed by atoms with van der Waals surface area (Å²) in [4.78, 5) is 19.6. The van der Waals surface area contributed by atoms with E-state index in [1.54, 1.807) is 27.8 Å². The quantitative estimate of drug-likeness (QED) is 0.498. The van der Waals surface area contributed by atoms with Crippen LogP contribution in [0.5, 0.6) is 0 Å². The average Bonchev–Trinajstić information content (AvgIpc) is 3.18. The Morgan fingerprint density at radius 2 is 1.72 bits per heavy atom. The van der Waals surface area contributed by atoms with Crippen molar-refractivity contribution in [2.24, 2.45) is 0 Å². The van der Waals surface area contributed by atoms with Gasteiger partial charge in [0, 0.05) is 43.5 Å². The van der Waals surface area contributed by atoms with Crippen LogP contribution in [-0.2, 0) is 6.54 Å². The molecule has 36 heavy (non-hydrogen) atoms. The van der Waals surface area contributed by atoms with E-state index in [9.17, 15) is 13.6 Å². The summed E-state index contributed by atoms with van der Waals surface area (Å²) in [6, 6.07) is 11.8. The fraction of sp³-hybridized carbons (Fsp3) is 0.407. The highest BCUT2D eigenvalue weighted by Crippen LogP contribution is 2.30. The lowest BCUT2D eigenvalue weighted by atomic mass is 10.1. The number of urea groups is 1. The zero-order chi connectivity index (χ0) is 25.8. The zero-order valence-electron chi connectivity index (χ0n) is 21.3. The number of piperazine rings is 1. The molecule has 1 aliphatic rings. The summed E-state index contributed by atoms with van der Waals surface area (Å²) in [5, 5.41) is 7.60. The van der Waals surface area contributed by atoms with E-state index in [1.165, 1.54) is 24.3 Å². The SMILES string of the molecule is CCN1CCN(c2c(CN(C(=O)Nc3cccc(F)c3)C(C)C)c(C)nn2-c2cccc(F)c2)CC1. The summed E-state index contributed by atoms with van der Waals surface area (Å²) in [6.07, 6.45) is 0. The molecule has 1 aliphatic heterocycles. The summed E-state index contributed by atoms with van der Waals surface area (Å²) in [5.41, 5.74) is 2.72. The molecule has 2 aromatic carbocycles. The van der Waals surface area contributed by atoms with Crippen LogP contribution >= 0.6 is 0 Å². The van der Waals surface area contributed by atoms with Gasteiger partial charge in [-0.15, -0.1) is 0 Å². The molecule has 0 saturated carbocycles. The number of amides is 2. The van der Waals surface area contributed by atoms with Crippen molar-refractivity contribution in [1.29, 1.82) is 0 Å². The van der Waals surface area contributed by atoms with E-state index in [2.05, 4.69) is 22.0 Å². The Bertz CT molecular complexity index is 1200. The Morgan fingerprint density at radius 3 is 2.33 bits per heavy atom. The van der Waals surface area contributed by atoms with E-state index in [0.29, 0.717) is 17.9 Å². The Balaban J connectivity index is 1.70. The maximum atomic E-state index is 14.1. The molecule has 7 nitrogen and oxygen atoms in total. The molecule has 0 spiro atoms. The van der Waals surface area contributed by atoms with Crippen LogP contribution in [0.2, 0.25) is 0 Å². The second-order valence-electron chi connectivity index (χ2n) is 9.36. The van der Waals surface area contributed by atoms with Crippen LogP contribution in [-0.4, -0.2) is 64.4 Å². The van der Waals surface area contributed by atoms with Gasteiger partial charge in [-0.05, 0) is 63.7 Å². The minimum atomic E-state index is -0.412. The molecule has 9 heteroatoms. The van der Waals surface area contributed by atoms with Crippen LogP contribution in [0.1, 0.15) is 32.0 Å². The number of aryl methyl sites for hydroxylation is 1. The maximum Gasteiger partial charge on any atom is 0.322 e. The molecule has 4 rings (SSSR count). The minimum absolute atomic E-state index is 0.125. The highest BCUT2D eigenvalue weighted by atomic mass is 19.1. The number of hydrogen-bond acceptors (Lipinski definition) is 4. The topological polar surface area (TPSA) is 56.6 Å². The Kier molecular flexibility index (Phi) is 7.88. The average molecular weight is 497 g/mol. The van der Waals surface area contributed by atoms with Gasteiger partial charge in [-0.25, -0.2) is 18.3 Å². The number of carbonyl (C=O) groups excluding carboxylic acids is 1. The van der Waals surface area contributed by atoms with Crippen molar-refractivity contribution in [3.63, 3.8) is 0 Å². The summed E-state index contributed by atoms with van der Waals surface area (Å²) >= 11 is 0. The third kappa shape index (κ3) is 5.67. The van der Waals surface area contributed by atoms with Gasteiger partial charge in [-0.2, -0.15) is 5.10 Å². The summed E-state index contributed by atoms with van der Waals surface area (Å²) < 4.78 is 29.6. The van der Waals surface area contributed by atoms with Crippen molar-refractivity contribution in [3.8, 4) is 5.69 Å². The van der Waals surface area contributed by atoms with Crippen LogP contribution in [0.4, 0.5) is 25.1 Å². The third-order valence-electron chi connectivity index (χ3n) is 6.62. The Hall–Kier alpha value is -3.46. The number of likely N-dealkylation sites (N-methyl/N-ethyl adjacent to an activating group) is 1. The van der Waals surface area contributed by atoms with Crippen molar-refractivity contribution in [3.05, 3.63) is 71.4 Å². The first-order chi connectivity index (χ1) is 17.3. The molecule has 0 radical (unpaired) electrons. The van der Waals surface area contributed by atoms with Gasteiger partial charge in [0.05, 0.1) is 17.9 Å². The lowest BCUT2D eigenvalue weighted by Crippen LogP contribution is -2.47. The molecule has 0 atom stereocenters. The van der Waals surface area contributed by atoms with Crippen LogP contribution < -0.4 is 10.2 Å². The number of carbonyl (C=O) groups is 1. The van der Waals surface area contributed by atoms with E-state index in [4.69, 9.17) is 5.10 Å². The second-order valence-corrected chi connectivity index (χ2v) is 9.36. The molecule has 1 saturated heterocycles. The standard InChI is InChI=1S/C27H34F2N6O/c1-5-32-12-14-33(15-13-32)26-25(20(4)31-35(26)24-11-7-9-22(29)17-24)18-34(19(2)3)27(36)30-23-10-6-8-21(28)16-23/h6-11,16-17,19H,5,12-15,18H2,1-4H3,(H,30,36). The lowest BCUT2D eigenvalue weighted by molar-refractivity contribution is 0.193. The van der Waals surface area contributed by atoms with Gasteiger partial charge in [0.1, 0.15) is 17.5 Å². The van der Waals surface area contributed by atoms with Crippen LogP contribution in [0.15, 0.2) is 48.5 Å². The predicted octanol–water partition coefficient (Wildman–Crippen LogP) is 5.04. The molecular formula is C27H34F2N6O. The molecule has 3 aromatic rings. The van der Waals surface area contributed by atoms with Crippen molar-refractivity contribution < 1.29 is 13.6 Å². The van der Waals surface area contributed by atoms with Gasteiger partial charge in [0.2, 0.25) is 0 Å². The molecule has 2 heterocycles. The second kappa shape index (κ2) is 11.1. The first kappa shape index (κ1) is 25.6. The van der Waals surface area contributed by atoms with Crippen molar-refractivity contribution in [2.45, 2.75) is 40.3 Å². The molecule has 0 unspecified atom stereocenters. The van der Waals surface area contributed by atoms with Gasteiger partial charge in [-0.3, -0.25) is 0 Å². The van der Waals surface area contributed by atoms with Crippen LogP contribution in [0, 0.1) is 18.6 Å². The van der Waals surface area contributed by atoms with Crippen LogP contribution in [0.3, 0.4) is 0 Å². The first-order valence-electron chi connectivity index (χ1n) is 12.4. The van der Waals surface area contributed by atoms with Crippen molar-refractivity contribution in [1.82, 2.24) is 19.6 Å². The monoisotopic (exact) mass is 496 g/mol. The maximum absolute atomic E-state index is 14.1. The van der Waals surface area contributed by atoms with E-state index in [-0.39, 0.29) is 17.9 Å². The predicted molar refractivity (Wildman–Crippen MR) is 139 cm³/mol. The van der Waals surface area contributed by atoms with E-state index in [1.807, 2.05) is 26.8 Å². The largest absolute Gasteiger partial charge is 0.354 e. The van der Waals surface area contributed by atoms with E-state index < -0.39 is 5.82 Å². The number of aromatic nitrogens is 2. The molecular weight excluding hydrogens is 462 g/mol. The summed E-state index contributed by atoms with van der Waals surface area (Å²) in [6.45, 7) is 12.7. The molecule has 0 aliphatic carbocycles. The Morgan fingerprint density at radius 1 is 1.06 bits per heavy atom. The summed E-state index contributed by atoms with van der Waals surface area (Å²) in [7, 11) is 0. The number of rotatable bonds is 7. The molecule has 1 N–H and O–H groups in total. The third-order valence-corrected chi connectivity index (χ3v) is 6.62. The zero-order valence-corrected chi connectivity index (χ0v) is 21.3. The summed E-state index contributed by atoms with van der Waals surface area (Å²) in [5.74, 6) is 0.130. The smallest absolute Gasteiger partial charge is 0.322 e. The van der Waals surface area contributed by atoms with Crippen molar-refractivity contribution >= 4 is 17.5 Å². The molecule has 2 amide bonds. The number of hydrogen-bond donors (Lipinski definition) is 1. The highest BCUT2D eigenvalue weighted by Gasteiger charge is 2.28. The van der Waals surface area contributed by atoms with Crippen LogP contribution in [0.25, 0.3) is 5.69 Å². The molecule has 0 bridgehead atoms. The van der Waals surface area contributed by atoms with E-state index in [0.717, 1.165) is 49.8 Å². The number of halogens is 2. The molecule has 192 valence electrons. The number of nitrogens with zero attached hydrogens (tertiary/aromatic N) is 5. The van der Waals surface area contributed by atoms with Gasteiger partial charge in [0.15, 0.2) is 0 Å². The van der Waals surface area contributed by atoms with Gasteiger partial charge < -0.3 is 20.0 Å².